The highest BCUT2D eigenvalue weighted by Crippen LogP contribution is 2.28. The number of carbonyl (C=O) groups is 1. The van der Waals surface area contributed by atoms with Crippen LogP contribution in [-0.2, 0) is 11.3 Å². The standard InChI is InChI=1S/C16H19N3O/c20-16(13-4-5-13)19-9-8-17-11-12-3-6-15-14(10-12)2-1-7-18-15/h1-3,6-7,10,13,17H,4-5,8-9,11H2,(H,19,20). The summed E-state index contributed by atoms with van der Waals surface area (Å²) in [5, 5.41) is 7.46. The van der Waals surface area contributed by atoms with E-state index in [2.05, 4.69) is 33.8 Å². The van der Waals surface area contributed by atoms with Crippen LogP contribution in [0.3, 0.4) is 0 Å². The van der Waals surface area contributed by atoms with Crippen molar-refractivity contribution in [2.75, 3.05) is 13.1 Å². The van der Waals surface area contributed by atoms with Crippen molar-refractivity contribution < 1.29 is 4.79 Å². The molecule has 104 valence electrons. The Hall–Kier alpha value is -1.94. The van der Waals surface area contributed by atoms with Crippen LogP contribution in [0, 0.1) is 5.92 Å². The first-order valence-corrected chi connectivity index (χ1v) is 7.15. The van der Waals surface area contributed by atoms with Crippen molar-refractivity contribution in [2.45, 2.75) is 19.4 Å². The molecule has 1 fully saturated rings. The van der Waals surface area contributed by atoms with Crippen molar-refractivity contribution in [1.82, 2.24) is 15.6 Å². The third-order valence-corrected chi connectivity index (χ3v) is 3.55. The number of fused-ring (bicyclic) bond motifs is 1. The van der Waals surface area contributed by atoms with Gasteiger partial charge in [-0.05, 0) is 36.6 Å². The van der Waals surface area contributed by atoms with E-state index in [0.29, 0.717) is 12.5 Å². The van der Waals surface area contributed by atoms with Gasteiger partial charge in [-0.1, -0.05) is 12.1 Å². The largest absolute Gasteiger partial charge is 0.355 e. The minimum absolute atomic E-state index is 0.212. The van der Waals surface area contributed by atoms with E-state index in [1.54, 1.807) is 0 Å². The second-order valence-corrected chi connectivity index (χ2v) is 5.27. The van der Waals surface area contributed by atoms with E-state index in [9.17, 15) is 4.79 Å². The maximum Gasteiger partial charge on any atom is 0.223 e. The number of hydrogen-bond acceptors (Lipinski definition) is 3. The van der Waals surface area contributed by atoms with E-state index in [4.69, 9.17) is 0 Å². The number of nitrogens with zero attached hydrogens (tertiary/aromatic N) is 1. The molecular weight excluding hydrogens is 250 g/mol. The van der Waals surface area contributed by atoms with Gasteiger partial charge in [0, 0.05) is 37.1 Å². The number of rotatable bonds is 6. The molecule has 2 aromatic rings. The molecule has 1 heterocycles. The fourth-order valence-electron chi connectivity index (χ4n) is 2.23. The van der Waals surface area contributed by atoms with Gasteiger partial charge in [0.1, 0.15) is 0 Å². The minimum atomic E-state index is 0.212. The molecule has 0 radical (unpaired) electrons. The molecule has 0 unspecified atom stereocenters. The Kier molecular flexibility index (Phi) is 3.92. The van der Waals surface area contributed by atoms with Gasteiger partial charge in [-0.3, -0.25) is 9.78 Å². The van der Waals surface area contributed by atoms with Gasteiger partial charge in [0.05, 0.1) is 5.52 Å². The van der Waals surface area contributed by atoms with Crippen molar-refractivity contribution in [3.63, 3.8) is 0 Å². The van der Waals surface area contributed by atoms with Gasteiger partial charge >= 0.3 is 0 Å². The van der Waals surface area contributed by atoms with Crippen molar-refractivity contribution >= 4 is 16.8 Å². The summed E-state index contributed by atoms with van der Waals surface area (Å²) < 4.78 is 0. The van der Waals surface area contributed by atoms with Crippen LogP contribution in [0.2, 0.25) is 0 Å². The van der Waals surface area contributed by atoms with E-state index in [0.717, 1.165) is 36.8 Å². The van der Waals surface area contributed by atoms with Crippen molar-refractivity contribution in [1.29, 1.82) is 0 Å². The van der Waals surface area contributed by atoms with Gasteiger partial charge < -0.3 is 10.6 Å². The summed E-state index contributed by atoms with van der Waals surface area (Å²) in [5.74, 6) is 0.506. The zero-order chi connectivity index (χ0) is 13.8. The van der Waals surface area contributed by atoms with Gasteiger partial charge in [0.15, 0.2) is 0 Å². The topological polar surface area (TPSA) is 54.0 Å². The Morgan fingerprint density at radius 1 is 1.25 bits per heavy atom. The molecule has 1 aliphatic carbocycles. The summed E-state index contributed by atoms with van der Waals surface area (Å²) in [7, 11) is 0. The fourth-order valence-corrected chi connectivity index (χ4v) is 2.23. The molecule has 1 aliphatic rings. The predicted molar refractivity (Wildman–Crippen MR) is 79.2 cm³/mol. The second kappa shape index (κ2) is 6.01. The molecule has 0 atom stereocenters. The number of hydrogen-bond donors (Lipinski definition) is 2. The molecule has 0 spiro atoms. The SMILES string of the molecule is O=C(NCCNCc1ccc2ncccc2c1)C1CC1. The summed E-state index contributed by atoms with van der Waals surface area (Å²) in [4.78, 5) is 15.7. The number of nitrogens with one attached hydrogen (secondary N) is 2. The van der Waals surface area contributed by atoms with Gasteiger partial charge in [0.25, 0.3) is 0 Å². The Labute approximate surface area is 118 Å². The molecule has 0 saturated heterocycles. The third-order valence-electron chi connectivity index (χ3n) is 3.55. The smallest absolute Gasteiger partial charge is 0.223 e. The molecule has 1 saturated carbocycles. The van der Waals surface area contributed by atoms with Crippen LogP contribution in [0.25, 0.3) is 10.9 Å². The zero-order valence-electron chi connectivity index (χ0n) is 11.4. The normalized spacial score (nSPS) is 14.4. The highest BCUT2D eigenvalue weighted by atomic mass is 16.2. The molecular formula is C16H19N3O. The molecule has 0 aliphatic heterocycles. The molecule has 4 heteroatoms. The van der Waals surface area contributed by atoms with Crippen LogP contribution < -0.4 is 10.6 Å². The van der Waals surface area contributed by atoms with E-state index in [-0.39, 0.29) is 5.91 Å². The van der Waals surface area contributed by atoms with Crippen LogP contribution in [0.5, 0.6) is 0 Å². The highest BCUT2D eigenvalue weighted by molar-refractivity contribution is 5.80. The third kappa shape index (κ3) is 3.33. The van der Waals surface area contributed by atoms with E-state index in [1.165, 1.54) is 5.56 Å². The van der Waals surface area contributed by atoms with Crippen molar-refractivity contribution in [2.24, 2.45) is 5.92 Å². The molecule has 1 aromatic heterocycles. The molecule has 4 nitrogen and oxygen atoms in total. The first-order chi connectivity index (χ1) is 9.83. The molecule has 0 bridgehead atoms. The highest BCUT2D eigenvalue weighted by Gasteiger charge is 2.28. The number of aromatic nitrogens is 1. The summed E-state index contributed by atoms with van der Waals surface area (Å²) in [6.07, 6.45) is 3.93. The predicted octanol–water partition coefficient (Wildman–Crippen LogP) is 1.85. The fraction of sp³-hybridized carbons (Fsp3) is 0.375. The van der Waals surface area contributed by atoms with E-state index >= 15 is 0 Å². The molecule has 2 N–H and O–H groups in total. The van der Waals surface area contributed by atoms with Gasteiger partial charge in [-0.15, -0.1) is 0 Å². The van der Waals surface area contributed by atoms with Crippen LogP contribution in [0.1, 0.15) is 18.4 Å². The van der Waals surface area contributed by atoms with Gasteiger partial charge in [0.2, 0.25) is 5.91 Å². The molecule has 1 aromatic carbocycles. The number of amides is 1. The lowest BCUT2D eigenvalue weighted by molar-refractivity contribution is -0.122. The maximum absolute atomic E-state index is 11.4. The molecule has 3 rings (SSSR count). The van der Waals surface area contributed by atoms with E-state index < -0.39 is 0 Å². The van der Waals surface area contributed by atoms with Crippen LogP contribution in [-0.4, -0.2) is 24.0 Å². The summed E-state index contributed by atoms with van der Waals surface area (Å²) in [6.45, 7) is 2.30. The lowest BCUT2D eigenvalue weighted by atomic mass is 10.1. The van der Waals surface area contributed by atoms with Crippen molar-refractivity contribution in [3.05, 3.63) is 42.1 Å². The summed E-state index contributed by atoms with van der Waals surface area (Å²) >= 11 is 0. The monoisotopic (exact) mass is 269 g/mol. The lowest BCUT2D eigenvalue weighted by Gasteiger charge is -2.07. The Bertz CT molecular complexity index is 607. The Balaban J connectivity index is 1.43. The lowest BCUT2D eigenvalue weighted by Crippen LogP contribution is -2.32. The zero-order valence-corrected chi connectivity index (χ0v) is 11.4. The average Bonchev–Trinajstić information content (AvgIpc) is 3.31. The molecule has 1 amide bonds. The first-order valence-electron chi connectivity index (χ1n) is 7.15. The van der Waals surface area contributed by atoms with Crippen LogP contribution >= 0.6 is 0 Å². The second-order valence-electron chi connectivity index (χ2n) is 5.27. The average molecular weight is 269 g/mol. The number of carbonyl (C=O) groups excluding carboxylic acids is 1. The Morgan fingerprint density at radius 2 is 2.15 bits per heavy atom. The number of benzene rings is 1. The minimum Gasteiger partial charge on any atom is -0.355 e. The van der Waals surface area contributed by atoms with E-state index in [1.807, 2.05) is 18.3 Å². The van der Waals surface area contributed by atoms with Crippen molar-refractivity contribution in [3.8, 4) is 0 Å². The number of pyridine rings is 1. The van der Waals surface area contributed by atoms with Gasteiger partial charge in [-0.2, -0.15) is 0 Å². The van der Waals surface area contributed by atoms with Crippen LogP contribution in [0.15, 0.2) is 36.5 Å². The van der Waals surface area contributed by atoms with Crippen LogP contribution in [0.4, 0.5) is 0 Å². The quantitative estimate of drug-likeness (QED) is 0.787. The first kappa shape index (κ1) is 13.1. The van der Waals surface area contributed by atoms with Gasteiger partial charge in [-0.25, -0.2) is 0 Å². The summed E-state index contributed by atoms with van der Waals surface area (Å²) in [6, 6.07) is 10.3. The molecule has 20 heavy (non-hydrogen) atoms. The Morgan fingerprint density at radius 3 is 3.00 bits per heavy atom. The maximum atomic E-state index is 11.4. The summed E-state index contributed by atoms with van der Waals surface area (Å²) in [5.41, 5.74) is 2.26.